The van der Waals surface area contributed by atoms with Crippen molar-refractivity contribution in [3.05, 3.63) is 29.5 Å². The van der Waals surface area contributed by atoms with Crippen molar-refractivity contribution >= 4 is 17.1 Å². The second-order valence-electron chi connectivity index (χ2n) is 3.60. The summed E-state index contributed by atoms with van der Waals surface area (Å²) in [5, 5.41) is 4.47. The summed E-state index contributed by atoms with van der Waals surface area (Å²) in [5.41, 5.74) is -0.160. The minimum Gasteiger partial charge on any atom is -0.294 e. The van der Waals surface area contributed by atoms with Gasteiger partial charge in [0.1, 0.15) is 5.69 Å². The predicted octanol–water partition coefficient (Wildman–Crippen LogP) is 2.64. The lowest BCUT2D eigenvalue weighted by atomic mass is 10.1. The Hall–Kier alpha value is -1.85. The van der Waals surface area contributed by atoms with E-state index in [0.717, 1.165) is 6.07 Å². The molecule has 3 nitrogen and oxygen atoms in total. The second-order valence-corrected chi connectivity index (χ2v) is 3.60. The number of aliphatic imine (C=N–C) groups is 1. The van der Waals surface area contributed by atoms with Crippen molar-refractivity contribution in [3.63, 3.8) is 0 Å². The molecular formula is C11H10F3N3. The second kappa shape index (κ2) is 3.87. The molecule has 1 aromatic heterocycles. The van der Waals surface area contributed by atoms with E-state index in [2.05, 4.69) is 10.1 Å². The third-order valence-electron chi connectivity index (χ3n) is 2.45. The van der Waals surface area contributed by atoms with Crippen molar-refractivity contribution in [1.29, 1.82) is 0 Å². The average Bonchev–Trinajstić information content (AvgIpc) is 2.55. The molecule has 0 radical (unpaired) electrons. The molecule has 0 N–H and O–H groups in total. The molecule has 0 bridgehead atoms. The Labute approximate surface area is 95.6 Å². The van der Waals surface area contributed by atoms with E-state index in [9.17, 15) is 13.2 Å². The van der Waals surface area contributed by atoms with E-state index in [-0.39, 0.29) is 5.52 Å². The Kier molecular flexibility index (Phi) is 2.65. The Bertz CT molecular complexity index is 581. The van der Waals surface area contributed by atoms with E-state index in [4.69, 9.17) is 0 Å². The van der Waals surface area contributed by atoms with Gasteiger partial charge < -0.3 is 0 Å². The molecule has 17 heavy (non-hydrogen) atoms. The van der Waals surface area contributed by atoms with E-state index in [1.54, 1.807) is 13.1 Å². The van der Waals surface area contributed by atoms with E-state index in [1.807, 2.05) is 0 Å². The Balaban J connectivity index is 2.82. The fraction of sp³-hybridized carbons (Fsp3) is 0.273. The summed E-state index contributed by atoms with van der Waals surface area (Å²) >= 11 is 0. The first-order valence-electron chi connectivity index (χ1n) is 4.90. The number of benzene rings is 1. The zero-order valence-corrected chi connectivity index (χ0v) is 9.28. The molecule has 2 rings (SSSR count). The van der Waals surface area contributed by atoms with E-state index in [0.29, 0.717) is 11.1 Å². The van der Waals surface area contributed by atoms with Gasteiger partial charge in [-0.15, -0.1) is 0 Å². The third-order valence-corrected chi connectivity index (χ3v) is 2.45. The lowest BCUT2D eigenvalue weighted by molar-refractivity contribution is -0.136. The summed E-state index contributed by atoms with van der Waals surface area (Å²) in [6, 6.07) is 4.03. The SMILES string of the molecule is C/N=C/c1nn(C)c2c(C(F)(F)F)cccc12. The molecule has 6 heteroatoms. The van der Waals surface area contributed by atoms with Gasteiger partial charge in [-0.05, 0) is 6.07 Å². The number of hydrogen-bond donors (Lipinski definition) is 0. The van der Waals surface area contributed by atoms with Gasteiger partial charge in [-0.3, -0.25) is 9.67 Å². The number of fused-ring (bicyclic) bond motifs is 1. The smallest absolute Gasteiger partial charge is 0.294 e. The Morgan fingerprint density at radius 3 is 2.65 bits per heavy atom. The molecule has 90 valence electrons. The quantitative estimate of drug-likeness (QED) is 0.706. The number of halogens is 3. The van der Waals surface area contributed by atoms with Gasteiger partial charge in [0, 0.05) is 25.7 Å². The molecule has 0 amide bonds. The molecule has 0 aliphatic carbocycles. The topological polar surface area (TPSA) is 30.2 Å². The minimum absolute atomic E-state index is 0.0786. The van der Waals surface area contributed by atoms with Crippen molar-refractivity contribution in [2.75, 3.05) is 7.05 Å². The minimum atomic E-state index is -4.38. The molecular weight excluding hydrogens is 231 g/mol. The van der Waals surface area contributed by atoms with E-state index >= 15 is 0 Å². The summed E-state index contributed by atoms with van der Waals surface area (Å²) < 4.78 is 39.7. The highest BCUT2D eigenvalue weighted by Crippen LogP contribution is 2.35. The molecule has 2 aromatic rings. The van der Waals surface area contributed by atoms with Gasteiger partial charge >= 0.3 is 6.18 Å². The van der Waals surface area contributed by atoms with Crippen LogP contribution in [0.2, 0.25) is 0 Å². The van der Waals surface area contributed by atoms with Crippen molar-refractivity contribution in [3.8, 4) is 0 Å². The van der Waals surface area contributed by atoms with Crippen LogP contribution in [0.25, 0.3) is 10.9 Å². The van der Waals surface area contributed by atoms with Crippen LogP contribution in [0, 0.1) is 0 Å². The summed E-state index contributed by atoms with van der Waals surface area (Å²) in [4.78, 5) is 3.78. The summed E-state index contributed by atoms with van der Waals surface area (Å²) in [6.45, 7) is 0. The highest BCUT2D eigenvalue weighted by atomic mass is 19.4. The maximum absolute atomic E-state index is 12.8. The standard InChI is InChI=1S/C11H10F3N3/c1-15-6-9-7-4-3-5-8(11(12,13)14)10(7)17(2)16-9/h3-6H,1-2H3/b15-6+. The molecule has 1 heterocycles. The van der Waals surface area contributed by atoms with Crippen molar-refractivity contribution in [2.45, 2.75) is 6.18 Å². The monoisotopic (exact) mass is 241 g/mol. The van der Waals surface area contributed by atoms with Crippen LogP contribution >= 0.6 is 0 Å². The highest BCUT2D eigenvalue weighted by Gasteiger charge is 2.34. The fourth-order valence-corrected chi connectivity index (χ4v) is 1.81. The molecule has 0 spiro atoms. The molecule has 0 fully saturated rings. The lowest BCUT2D eigenvalue weighted by Crippen LogP contribution is -2.07. The number of nitrogens with zero attached hydrogens (tertiary/aromatic N) is 3. The largest absolute Gasteiger partial charge is 0.418 e. The first-order chi connectivity index (χ1) is 7.95. The number of aryl methyl sites for hydroxylation is 1. The Morgan fingerprint density at radius 1 is 1.35 bits per heavy atom. The number of rotatable bonds is 1. The molecule has 0 aliphatic rings. The normalized spacial score (nSPS) is 12.8. The van der Waals surface area contributed by atoms with E-state index in [1.165, 1.54) is 24.0 Å². The van der Waals surface area contributed by atoms with Gasteiger partial charge in [0.05, 0.1) is 11.1 Å². The molecule has 0 atom stereocenters. The van der Waals surface area contributed by atoms with Gasteiger partial charge in [-0.25, -0.2) is 0 Å². The number of aromatic nitrogens is 2. The molecule has 0 saturated carbocycles. The van der Waals surface area contributed by atoms with Gasteiger partial charge in [0.25, 0.3) is 0 Å². The van der Waals surface area contributed by atoms with Crippen LogP contribution in [0.1, 0.15) is 11.3 Å². The van der Waals surface area contributed by atoms with Gasteiger partial charge in [-0.1, -0.05) is 12.1 Å². The summed E-state index contributed by atoms with van der Waals surface area (Å²) in [7, 11) is 3.04. The van der Waals surface area contributed by atoms with Crippen LogP contribution in [0.15, 0.2) is 23.2 Å². The molecule has 0 aliphatic heterocycles. The molecule has 0 saturated heterocycles. The van der Waals surface area contributed by atoms with Gasteiger partial charge in [0.15, 0.2) is 0 Å². The zero-order valence-electron chi connectivity index (χ0n) is 9.28. The number of alkyl halides is 3. The van der Waals surface area contributed by atoms with Crippen molar-refractivity contribution < 1.29 is 13.2 Å². The maximum atomic E-state index is 12.8. The summed E-state index contributed by atoms with van der Waals surface area (Å²) in [6.07, 6.45) is -2.93. The van der Waals surface area contributed by atoms with Crippen molar-refractivity contribution in [1.82, 2.24) is 9.78 Å². The maximum Gasteiger partial charge on any atom is 0.418 e. The van der Waals surface area contributed by atoms with Gasteiger partial charge in [-0.2, -0.15) is 18.3 Å². The first kappa shape index (κ1) is 11.6. The van der Waals surface area contributed by atoms with Crippen LogP contribution in [0.5, 0.6) is 0 Å². The van der Waals surface area contributed by atoms with Crippen molar-refractivity contribution in [2.24, 2.45) is 12.0 Å². The predicted molar refractivity (Wildman–Crippen MR) is 59.2 cm³/mol. The highest BCUT2D eigenvalue weighted by molar-refractivity contribution is 5.98. The first-order valence-corrected chi connectivity index (χ1v) is 4.90. The van der Waals surface area contributed by atoms with E-state index < -0.39 is 11.7 Å². The van der Waals surface area contributed by atoms with Crippen LogP contribution in [0.3, 0.4) is 0 Å². The van der Waals surface area contributed by atoms with Gasteiger partial charge in [0.2, 0.25) is 0 Å². The summed E-state index contributed by atoms with van der Waals surface area (Å²) in [5.74, 6) is 0. The van der Waals surface area contributed by atoms with Crippen LogP contribution in [-0.2, 0) is 13.2 Å². The third kappa shape index (κ3) is 1.90. The van der Waals surface area contributed by atoms with Crippen LogP contribution in [-0.4, -0.2) is 23.0 Å². The number of hydrogen-bond acceptors (Lipinski definition) is 2. The lowest BCUT2D eigenvalue weighted by Gasteiger charge is -2.08. The van der Waals surface area contributed by atoms with Crippen LogP contribution < -0.4 is 0 Å². The Morgan fingerprint density at radius 2 is 2.06 bits per heavy atom. The van der Waals surface area contributed by atoms with Crippen LogP contribution in [0.4, 0.5) is 13.2 Å². The fourth-order valence-electron chi connectivity index (χ4n) is 1.81. The average molecular weight is 241 g/mol. The number of para-hydroxylation sites is 1. The zero-order chi connectivity index (χ0) is 12.6. The molecule has 1 aromatic carbocycles. The molecule has 0 unspecified atom stereocenters.